The molecule has 194 valence electrons. The van der Waals surface area contributed by atoms with Crippen molar-refractivity contribution in [3.63, 3.8) is 0 Å². The van der Waals surface area contributed by atoms with Crippen LogP contribution >= 0.6 is 0 Å². The molecule has 2 amide bonds. The number of aliphatic carboxylic acids is 1. The summed E-state index contributed by atoms with van der Waals surface area (Å²) in [7, 11) is 1.70. The van der Waals surface area contributed by atoms with Crippen LogP contribution in [0.5, 0.6) is 0 Å². The van der Waals surface area contributed by atoms with Crippen LogP contribution in [0.3, 0.4) is 0 Å². The number of nitrogens with zero attached hydrogens (tertiary/aromatic N) is 2. The van der Waals surface area contributed by atoms with Crippen molar-refractivity contribution in [2.75, 3.05) is 13.1 Å². The van der Waals surface area contributed by atoms with Crippen LogP contribution in [0.4, 0.5) is 13.2 Å². The first-order valence-corrected chi connectivity index (χ1v) is 11.5. The van der Waals surface area contributed by atoms with Crippen molar-refractivity contribution in [1.29, 1.82) is 0 Å². The minimum absolute atomic E-state index is 0.232. The van der Waals surface area contributed by atoms with E-state index in [0.717, 1.165) is 42.9 Å². The number of carbonyl (C=O) groups excluding carboxylic acids is 2. The van der Waals surface area contributed by atoms with Crippen LogP contribution < -0.4 is 16.3 Å². The maximum atomic E-state index is 12.9. The normalized spacial score (nSPS) is 18.6. The number of nitrogens with one attached hydrogen (secondary N) is 2. The number of rotatable bonds is 3. The standard InChI is InChI=1S/C22H26N4O3.C2HF3O2/c1-25-20-16(6-3-2-5-15-11-13-23-14-12-15)7-4-8-17(20)26(22(25)29)18-9-10-19(27)24-21(18)28;3-2(4,5)1(6)7/h4,7-8,15,18,23H,2,5,9-14H2,1H3,(H,24,27,28);(H,6,7). The van der Waals surface area contributed by atoms with Gasteiger partial charge in [0.05, 0.1) is 16.6 Å². The van der Waals surface area contributed by atoms with Gasteiger partial charge >= 0.3 is 17.8 Å². The van der Waals surface area contributed by atoms with E-state index in [1.54, 1.807) is 11.6 Å². The molecule has 3 N–H and O–H groups in total. The van der Waals surface area contributed by atoms with Crippen LogP contribution in [0.2, 0.25) is 0 Å². The van der Waals surface area contributed by atoms with E-state index in [2.05, 4.69) is 22.5 Å². The second kappa shape index (κ2) is 11.4. The quantitative estimate of drug-likeness (QED) is 0.431. The van der Waals surface area contributed by atoms with E-state index >= 15 is 0 Å². The Morgan fingerprint density at radius 1 is 1.17 bits per heavy atom. The number of hydrogen-bond acceptors (Lipinski definition) is 5. The van der Waals surface area contributed by atoms with Crippen molar-refractivity contribution in [3.05, 3.63) is 34.2 Å². The van der Waals surface area contributed by atoms with Gasteiger partial charge in [-0.05, 0) is 56.8 Å². The van der Waals surface area contributed by atoms with Gasteiger partial charge < -0.3 is 10.4 Å². The molecule has 2 fully saturated rings. The molecule has 1 unspecified atom stereocenters. The number of aryl methyl sites for hydroxylation is 1. The first-order chi connectivity index (χ1) is 17.0. The molecule has 0 bridgehead atoms. The number of hydrogen-bond donors (Lipinski definition) is 3. The molecule has 0 saturated carbocycles. The lowest BCUT2D eigenvalue weighted by Gasteiger charge is -2.21. The van der Waals surface area contributed by atoms with Gasteiger partial charge in [-0.1, -0.05) is 17.9 Å². The van der Waals surface area contributed by atoms with E-state index in [1.165, 1.54) is 17.4 Å². The number of amides is 2. The minimum atomic E-state index is -5.08. The number of benzene rings is 1. The molecule has 4 rings (SSSR count). The highest BCUT2D eigenvalue weighted by Crippen LogP contribution is 2.25. The lowest BCUT2D eigenvalue weighted by atomic mass is 9.93. The van der Waals surface area contributed by atoms with E-state index < -0.39 is 24.1 Å². The van der Waals surface area contributed by atoms with Crippen molar-refractivity contribution in [3.8, 4) is 11.8 Å². The average molecular weight is 508 g/mol. The number of alkyl halides is 3. The molecule has 0 radical (unpaired) electrons. The lowest BCUT2D eigenvalue weighted by Crippen LogP contribution is -2.44. The summed E-state index contributed by atoms with van der Waals surface area (Å²) in [5.41, 5.74) is 1.94. The topological polar surface area (TPSA) is 122 Å². The number of aromatic nitrogens is 2. The molecule has 2 aliphatic rings. The molecule has 2 aliphatic heterocycles. The number of halogens is 3. The predicted molar refractivity (Wildman–Crippen MR) is 124 cm³/mol. The predicted octanol–water partition coefficient (Wildman–Crippen LogP) is 2.08. The van der Waals surface area contributed by atoms with Crippen LogP contribution in [0.1, 0.15) is 50.1 Å². The van der Waals surface area contributed by atoms with Crippen molar-refractivity contribution in [2.24, 2.45) is 13.0 Å². The summed E-state index contributed by atoms with van der Waals surface area (Å²) in [4.78, 5) is 45.6. The molecule has 3 heterocycles. The molecule has 1 atom stereocenters. The first kappa shape index (κ1) is 27.0. The van der Waals surface area contributed by atoms with Gasteiger partial charge in [-0.25, -0.2) is 9.59 Å². The Morgan fingerprint density at radius 2 is 1.83 bits per heavy atom. The number of carboxylic acid groups (broad SMARTS) is 1. The highest BCUT2D eigenvalue weighted by atomic mass is 19.4. The summed E-state index contributed by atoms with van der Waals surface area (Å²) in [5.74, 6) is 3.77. The third-order valence-corrected chi connectivity index (χ3v) is 6.23. The number of imide groups is 1. The third-order valence-electron chi connectivity index (χ3n) is 6.23. The second-order valence-corrected chi connectivity index (χ2v) is 8.69. The molecule has 12 heteroatoms. The zero-order valence-electron chi connectivity index (χ0n) is 19.7. The Balaban J connectivity index is 0.000000454. The van der Waals surface area contributed by atoms with Crippen molar-refractivity contribution >= 4 is 28.8 Å². The summed E-state index contributed by atoms with van der Waals surface area (Å²) in [6, 6.07) is 4.93. The third kappa shape index (κ3) is 6.34. The largest absolute Gasteiger partial charge is 0.490 e. The number of piperidine rings is 2. The SMILES string of the molecule is Cn1c(=O)n(C2CCC(=O)NC2=O)c2cccc(C#CCCC3CCNCC3)c21.O=C(O)C(F)(F)F. The van der Waals surface area contributed by atoms with Gasteiger partial charge in [0, 0.05) is 19.9 Å². The maximum absolute atomic E-state index is 12.9. The van der Waals surface area contributed by atoms with Gasteiger partial charge in [0.25, 0.3) is 0 Å². The van der Waals surface area contributed by atoms with Gasteiger partial charge in [-0.15, -0.1) is 0 Å². The minimum Gasteiger partial charge on any atom is -0.475 e. The Labute approximate surface area is 204 Å². The molecule has 0 aliphatic carbocycles. The summed E-state index contributed by atoms with van der Waals surface area (Å²) < 4.78 is 34.8. The summed E-state index contributed by atoms with van der Waals surface area (Å²) in [6.07, 6.45) is -0.171. The number of carbonyl (C=O) groups is 3. The summed E-state index contributed by atoms with van der Waals surface area (Å²) in [5, 5.41) is 12.8. The lowest BCUT2D eigenvalue weighted by molar-refractivity contribution is -0.192. The van der Waals surface area contributed by atoms with E-state index in [0.29, 0.717) is 11.9 Å². The molecule has 0 spiro atoms. The number of carboxylic acids is 1. The van der Waals surface area contributed by atoms with Gasteiger partial charge in [-0.2, -0.15) is 13.2 Å². The summed E-state index contributed by atoms with van der Waals surface area (Å²) >= 11 is 0. The second-order valence-electron chi connectivity index (χ2n) is 8.69. The van der Waals surface area contributed by atoms with Crippen molar-refractivity contribution in [1.82, 2.24) is 19.8 Å². The fourth-order valence-corrected chi connectivity index (χ4v) is 4.37. The zero-order chi connectivity index (χ0) is 26.5. The maximum Gasteiger partial charge on any atom is 0.490 e. The van der Waals surface area contributed by atoms with Gasteiger partial charge in [0.1, 0.15) is 6.04 Å². The molecule has 2 saturated heterocycles. The fraction of sp³-hybridized carbons (Fsp3) is 0.500. The molecular weight excluding hydrogens is 481 g/mol. The van der Waals surface area contributed by atoms with Crippen LogP contribution in [0, 0.1) is 17.8 Å². The Kier molecular flexibility index (Phi) is 8.57. The molecule has 1 aromatic carbocycles. The van der Waals surface area contributed by atoms with Crippen LogP contribution in [0.15, 0.2) is 23.0 Å². The van der Waals surface area contributed by atoms with Crippen LogP contribution in [0.25, 0.3) is 11.0 Å². The molecule has 9 nitrogen and oxygen atoms in total. The van der Waals surface area contributed by atoms with Gasteiger partial charge in [-0.3, -0.25) is 24.0 Å². The fourth-order valence-electron chi connectivity index (χ4n) is 4.37. The average Bonchev–Trinajstić information content (AvgIpc) is 3.08. The molecule has 1 aromatic heterocycles. The van der Waals surface area contributed by atoms with E-state index in [1.807, 2.05) is 18.2 Å². The highest BCUT2D eigenvalue weighted by Gasteiger charge is 2.38. The van der Waals surface area contributed by atoms with Crippen molar-refractivity contribution in [2.45, 2.75) is 50.7 Å². The van der Waals surface area contributed by atoms with Crippen molar-refractivity contribution < 1.29 is 32.7 Å². The van der Waals surface area contributed by atoms with Crippen LogP contribution in [-0.2, 0) is 21.4 Å². The zero-order valence-corrected chi connectivity index (χ0v) is 19.7. The molecular formula is C24H27F3N4O5. The van der Waals surface area contributed by atoms with E-state index in [9.17, 15) is 27.6 Å². The smallest absolute Gasteiger partial charge is 0.475 e. The summed E-state index contributed by atoms with van der Waals surface area (Å²) in [6.45, 7) is 2.18. The first-order valence-electron chi connectivity index (χ1n) is 11.5. The van der Waals surface area contributed by atoms with Gasteiger partial charge in [0.15, 0.2) is 0 Å². The van der Waals surface area contributed by atoms with Gasteiger partial charge in [0.2, 0.25) is 11.8 Å². The molecule has 36 heavy (non-hydrogen) atoms. The molecule has 2 aromatic rings. The Hall–Kier alpha value is -3.59. The van der Waals surface area contributed by atoms with Crippen LogP contribution in [-0.4, -0.2) is 51.3 Å². The Morgan fingerprint density at radius 3 is 2.44 bits per heavy atom. The van der Waals surface area contributed by atoms with E-state index in [-0.39, 0.29) is 18.0 Å². The number of imidazole rings is 1. The Bertz CT molecular complexity index is 1260. The highest BCUT2D eigenvalue weighted by molar-refractivity contribution is 6.00. The monoisotopic (exact) mass is 508 g/mol. The van der Waals surface area contributed by atoms with E-state index in [4.69, 9.17) is 9.90 Å². The number of para-hydroxylation sites is 1. The number of fused-ring (bicyclic) bond motifs is 1.